The largest absolute Gasteiger partial charge is 0.486 e. The van der Waals surface area contributed by atoms with Gasteiger partial charge in [-0.3, -0.25) is 4.79 Å². The van der Waals surface area contributed by atoms with Gasteiger partial charge >= 0.3 is 5.97 Å². The van der Waals surface area contributed by atoms with Crippen molar-refractivity contribution in [2.24, 2.45) is 0 Å². The first-order valence-electron chi connectivity index (χ1n) is 13.3. The lowest BCUT2D eigenvalue weighted by molar-refractivity contribution is -0.137. The molecule has 6 rings (SSSR count). The first-order chi connectivity index (χ1) is 20.0. The molecule has 0 saturated carbocycles. The van der Waals surface area contributed by atoms with Gasteiger partial charge < -0.3 is 14.6 Å². The molecule has 0 aliphatic carbocycles. The number of para-hydroxylation sites is 2. The van der Waals surface area contributed by atoms with E-state index in [2.05, 4.69) is 29.0 Å². The number of carboxylic acid groups (broad SMARTS) is 1. The van der Waals surface area contributed by atoms with E-state index in [-0.39, 0.29) is 6.42 Å². The Hall–Kier alpha value is -4.27. The Morgan fingerprint density at radius 1 is 0.707 bits per heavy atom. The van der Waals surface area contributed by atoms with Crippen molar-refractivity contribution in [3.8, 4) is 11.5 Å². The lowest BCUT2D eigenvalue weighted by atomic mass is 9.73. The Morgan fingerprint density at radius 3 is 1.56 bits per heavy atom. The fraction of sp³-hybridized carbons (Fsp3) is 0.182. The maximum atomic E-state index is 11.5. The van der Waals surface area contributed by atoms with Gasteiger partial charge in [0.15, 0.2) is 0 Å². The van der Waals surface area contributed by atoms with E-state index in [1.165, 1.54) is 0 Å². The summed E-state index contributed by atoms with van der Waals surface area (Å²) in [5, 5.41) is 11.3. The van der Waals surface area contributed by atoms with Crippen LogP contribution in [0.5, 0.6) is 11.5 Å². The molecule has 0 aliphatic heterocycles. The predicted molar refractivity (Wildman–Crippen MR) is 164 cm³/mol. The molecule has 6 nitrogen and oxygen atoms in total. The summed E-state index contributed by atoms with van der Waals surface area (Å²) in [4.78, 5) is 20.8. The van der Waals surface area contributed by atoms with Crippen LogP contribution in [0, 0.1) is 0 Å². The monoisotopic (exact) mass is 580 g/mol. The topological polar surface area (TPSA) is 81.5 Å². The van der Waals surface area contributed by atoms with Gasteiger partial charge in [0.2, 0.25) is 0 Å². The maximum absolute atomic E-state index is 11.5. The van der Waals surface area contributed by atoms with Gasteiger partial charge in [0.1, 0.15) is 34.7 Å². The summed E-state index contributed by atoms with van der Waals surface area (Å²) in [5.41, 5.74) is 3.50. The molecule has 2 aromatic heterocycles. The maximum Gasteiger partial charge on any atom is 0.303 e. The van der Waals surface area contributed by atoms with Crippen LogP contribution < -0.4 is 9.47 Å². The van der Waals surface area contributed by atoms with E-state index in [4.69, 9.17) is 9.47 Å². The van der Waals surface area contributed by atoms with E-state index in [1.54, 1.807) is 22.7 Å². The van der Waals surface area contributed by atoms with Crippen LogP contribution in [0.1, 0.15) is 40.9 Å². The van der Waals surface area contributed by atoms with Crippen molar-refractivity contribution in [2.45, 2.75) is 38.4 Å². The normalized spacial score (nSPS) is 11.6. The van der Waals surface area contributed by atoms with Gasteiger partial charge in [-0.15, -0.1) is 22.7 Å². The standard InChI is InChI=1S/C33H28N2O4S2/c1-33(19-18-32(36)37,22-10-14-24(15-11-22)38-20-30-34-26-6-2-4-8-28(26)40-30)23-12-16-25(17-13-23)39-21-31-35-27-7-3-5-9-29(27)41-31/h2-17H,18-21H2,1H3,(H,36,37). The first kappa shape index (κ1) is 26.9. The molecule has 0 saturated heterocycles. The van der Waals surface area contributed by atoms with Gasteiger partial charge in [-0.25, -0.2) is 9.97 Å². The summed E-state index contributed by atoms with van der Waals surface area (Å²) in [6.45, 7) is 2.88. The minimum atomic E-state index is -0.817. The number of aliphatic carboxylic acids is 1. The van der Waals surface area contributed by atoms with Crippen molar-refractivity contribution in [3.63, 3.8) is 0 Å². The Bertz CT molecular complexity index is 1600. The van der Waals surface area contributed by atoms with Crippen LogP contribution >= 0.6 is 22.7 Å². The molecule has 4 aromatic carbocycles. The molecule has 0 unspecified atom stereocenters. The third kappa shape index (κ3) is 6.09. The van der Waals surface area contributed by atoms with Crippen molar-refractivity contribution in [1.82, 2.24) is 9.97 Å². The molecule has 0 atom stereocenters. The summed E-state index contributed by atoms with van der Waals surface area (Å²) < 4.78 is 14.3. The molecule has 0 amide bonds. The van der Waals surface area contributed by atoms with Crippen LogP contribution in [-0.4, -0.2) is 21.0 Å². The number of rotatable bonds is 11. The second-order valence-corrected chi connectivity index (χ2v) is 12.2. The van der Waals surface area contributed by atoms with Gasteiger partial charge in [0, 0.05) is 11.8 Å². The Labute approximate surface area is 245 Å². The van der Waals surface area contributed by atoms with Gasteiger partial charge in [0.25, 0.3) is 0 Å². The third-order valence-corrected chi connectivity index (χ3v) is 9.24. The number of carbonyl (C=O) groups is 1. The van der Waals surface area contributed by atoms with E-state index < -0.39 is 11.4 Å². The molecule has 41 heavy (non-hydrogen) atoms. The smallest absolute Gasteiger partial charge is 0.303 e. The average molecular weight is 581 g/mol. The van der Waals surface area contributed by atoms with Crippen LogP contribution in [-0.2, 0) is 23.4 Å². The Balaban J connectivity index is 1.15. The molecular weight excluding hydrogens is 553 g/mol. The first-order valence-corrected chi connectivity index (χ1v) is 15.0. The van der Waals surface area contributed by atoms with Crippen LogP contribution in [0.4, 0.5) is 0 Å². The summed E-state index contributed by atoms with van der Waals surface area (Å²) in [6, 6.07) is 32.0. The zero-order chi connectivity index (χ0) is 28.2. The number of benzene rings is 4. The summed E-state index contributed by atoms with van der Waals surface area (Å²) in [7, 11) is 0. The number of thiazole rings is 2. The van der Waals surface area contributed by atoms with Gasteiger partial charge in [-0.1, -0.05) is 55.5 Å². The minimum Gasteiger partial charge on any atom is -0.486 e. The number of hydrogen-bond acceptors (Lipinski definition) is 7. The Kier molecular flexibility index (Phi) is 7.67. The highest BCUT2D eigenvalue weighted by atomic mass is 32.1. The van der Waals surface area contributed by atoms with E-state index in [0.29, 0.717) is 19.6 Å². The fourth-order valence-electron chi connectivity index (χ4n) is 4.90. The molecule has 0 radical (unpaired) electrons. The highest BCUT2D eigenvalue weighted by molar-refractivity contribution is 7.18. The molecule has 0 aliphatic rings. The zero-order valence-electron chi connectivity index (χ0n) is 22.4. The van der Waals surface area contributed by atoms with Crippen LogP contribution in [0.15, 0.2) is 97.1 Å². The molecule has 0 fully saturated rings. The molecule has 8 heteroatoms. The molecule has 0 spiro atoms. The van der Waals surface area contributed by atoms with Gasteiger partial charge in [-0.05, 0) is 66.1 Å². The highest BCUT2D eigenvalue weighted by Crippen LogP contribution is 2.38. The molecular formula is C33H28N2O4S2. The Morgan fingerprint density at radius 2 is 1.15 bits per heavy atom. The highest BCUT2D eigenvalue weighted by Gasteiger charge is 2.30. The SMILES string of the molecule is CC(CCC(=O)O)(c1ccc(OCc2nc3ccccc3s2)cc1)c1ccc(OCc2nc3ccccc3s2)cc1. The number of carboxylic acids is 1. The van der Waals surface area contributed by atoms with Crippen molar-refractivity contribution in [2.75, 3.05) is 0 Å². The van der Waals surface area contributed by atoms with Crippen LogP contribution in [0.3, 0.4) is 0 Å². The lowest BCUT2D eigenvalue weighted by Gasteiger charge is -2.31. The summed E-state index contributed by atoms with van der Waals surface area (Å²) in [5.74, 6) is 0.669. The third-order valence-electron chi connectivity index (χ3n) is 7.22. The average Bonchev–Trinajstić information content (AvgIpc) is 3.62. The summed E-state index contributed by atoms with van der Waals surface area (Å²) in [6.07, 6.45) is 0.516. The number of fused-ring (bicyclic) bond motifs is 2. The molecule has 2 heterocycles. The lowest BCUT2D eigenvalue weighted by Crippen LogP contribution is -2.25. The van der Waals surface area contributed by atoms with E-state index in [9.17, 15) is 9.90 Å². The van der Waals surface area contributed by atoms with E-state index >= 15 is 0 Å². The number of aromatic nitrogens is 2. The fourth-order valence-corrected chi connectivity index (χ4v) is 6.66. The quantitative estimate of drug-likeness (QED) is 0.166. The van der Waals surface area contributed by atoms with Crippen LogP contribution in [0.2, 0.25) is 0 Å². The zero-order valence-corrected chi connectivity index (χ0v) is 24.1. The minimum absolute atomic E-state index is 0.0578. The van der Waals surface area contributed by atoms with E-state index in [1.807, 2.05) is 84.9 Å². The second kappa shape index (κ2) is 11.7. The molecule has 206 valence electrons. The van der Waals surface area contributed by atoms with Gasteiger partial charge in [-0.2, -0.15) is 0 Å². The van der Waals surface area contributed by atoms with Crippen molar-refractivity contribution >= 4 is 49.1 Å². The number of hydrogen-bond donors (Lipinski definition) is 1. The van der Waals surface area contributed by atoms with Crippen molar-refractivity contribution in [3.05, 3.63) is 118 Å². The number of nitrogens with zero attached hydrogens (tertiary/aromatic N) is 2. The summed E-state index contributed by atoms with van der Waals surface area (Å²) >= 11 is 3.26. The second-order valence-electron chi connectivity index (χ2n) is 10.0. The van der Waals surface area contributed by atoms with Gasteiger partial charge in [0.05, 0.1) is 20.4 Å². The number of ether oxygens (including phenoxy) is 2. The predicted octanol–water partition coefficient (Wildman–Crippen LogP) is 8.23. The van der Waals surface area contributed by atoms with Crippen molar-refractivity contribution < 1.29 is 19.4 Å². The molecule has 1 N–H and O–H groups in total. The van der Waals surface area contributed by atoms with Crippen LogP contribution in [0.25, 0.3) is 20.4 Å². The van der Waals surface area contributed by atoms with E-state index in [0.717, 1.165) is 53.1 Å². The molecule has 6 aromatic rings. The molecule has 0 bridgehead atoms. The van der Waals surface area contributed by atoms with Crippen molar-refractivity contribution in [1.29, 1.82) is 0 Å².